The van der Waals surface area contributed by atoms with Crippen LogP contribution in [-0.2, 0) is 11.3 Å². The molecule has 2 aromatic carbocycles. The Labute approximate surface area is 197 Å². The van der Waals surface area contributed by atoms with Gasteiger partial charge in [0.05, 0.1) is 17.5 Å². The molecular formula is C24H28FN5O2S. The molecule has 1 atom stereocenters. The molecule has 0 spiro atoms. The SMILES string of the molecule is CCn1c(SCC(=O)Nc2ccccc2F)nnc1[C@@H](NC(=O)c1cccc(C)c1)C(C)C. The summed E-state index contributed by atoms with van der Waals surface area (Å²) in [5, 5.41) is 14.8. The van der Waals surface area contributed by atoms with Crippen molar-refractivity contribution in [1.82, 2.24) is 20.1 Å². The Bertz CT molecular complexity index is 1130. The molecule has 2 amide bonds. The molecular weight excluding hydrogens is 441 g/mol. The highest BCUT2D eigenvalue weighted by Crippen LogP contribution is 2.26. The maximum absolute atomic E-state index is 13.8. The molecule has 33 heavy (non-hydrogen) atoms. The molecule has 1 heterocycles. The lowest BCUT2D eigenvalue weighted by molar-refractivity contribution is -0.113. The lowest BCUT2D eigenvalue weighted by Crippen LogP contribution is -2.33. The number of benzene rings is 2. The number of carbonyl (C=O) groups excluding carboxylic acids is 2. The van der Waals surface area contributed by atoms with Crippen molar-refractivity contribution in [2.75, 3.05) is 11.1 Å². The highest BCUT2D eigenvalue weighted by atomic mass is 32.2. The molecule has 7 nitrogen and oxygen atoms in total. The van der Waals surface area contributed by atoms with Gasteiger partial charge in [-0.2, -0.15) is 0 Å². The van der Waals surface area contributed by atoms with Crippen molar-refractivity contribution in [2.24, 2.45) is 5.92 Å². The van der Waals surface area contributed by atoms with Gasteiger partial charge in [0, 0.05) is 12.1 Å². The zero-order chi connectivity index (χ0) is 24.0. The third kappa shape index (κ3) is 6.19. The van der Waals surface area contributed by atoms with Crippen molar-refractivity contribution >= 4 is 29.3 Å². The second-order valence-electron chi connectivity index (χ2n) is 7.97. The van der Waals surface area contributed by atoms with Crippen LogP contribution in [-0.4, -0.2) is 32.3 Å². The Hall–Kier alpha value is -3.20. The second-order valence-corrected chi connectivity index (χ2v) is 8.91. The van der Waals surface area contributed by atoms with Crippen molar-refractivity contribution in [1.29, 1.82) is 0 Å². The number of nitrogens with one attached hydrogen (secondary N) is 2. The Morgan fingerprint density at radius 2 is 1.88 bits per heavy atom. The maximum Gasteiger partial charge on any atom is 0.251 e. The Morgan fingerprint density at radius 3 is 2.55 bits per heavy atom. The summed E-state index contributed by atoms with van der Waals surface area (Å²) in [6, 6.07) is 13.1. The Balaban J connectivity index is 1.72. The summed E-state index contributed by atoms with van der Waals surface area (Å²) >= 11 is 1.21. The van der Waals surface area contributed by atoms with E-state index in [9.17, 15) is 14.0 Å². The van der Waals surface area contributed by atoms with E-state index >= 15 is 0 Å². The largest absolute Gasteiger partial charge is 0.342 e. The molecule has 1 aromatic heterocycles. The first-order valence-electron chi connectivity index (χ1n) is 10.8. The monoisotopic (exact) mass is 469 g/mol. The van der Waals surface area contributed by atoms with Gasteiger partial charge in [0.25, 0.3) is 5.91 Å². The van der Waals surface area contributed by atoms with Gasteiger partial charge in [-0.25, -0.2) is 4.39 Å². The van der Waals surface area contributed by atoms with Gasteiger partial charge in [-0.15, -0.1) is 10.2 Å². The normalized spacial score (nSPS) is 11.9. The summed E-state index contributed by atoms with van der Waals surface area (Å²) in [6.45, 7) is 8.48. The zero-order valence-electron chi connectivity index (χ0n) is 19.1. The van der Waals surface area contributed by atoms with Crippen LogP contribution >= 0.6 is 11.8 Å². The van der Waals surface area contributed by atoms with Crippen LogP contribution < -0.4 is 10.6 Å². The van der Waals surface area contributed by atoms with Gasteiger partial charge in [0.1, 0.15) is 5.82 Å². The summed E-state index contributed by atoms with van der Waals surface area (Å²) in [7, 11) is 0. The van der Waals surface area contributed by atoms with Crippen molar-refractivity contribution in [3.8, 4) is 0 Å². The molecule has 0 aliphatic heterocycles. The minimum atomic E-state index is -0.487. The molecule has 0 bridgehead atoms. The van der Waals surface area contributed by atoms with Gasteiger partial charge in [-0.3, -0.25) is 9.59 Å². The highest BCUT2D eigenvalue weighted by molar-refractivity contribution is 7.99. The van der Waals surface area contributed by atoms with E-state index in [1.807, 2.05) is 50.5 Å². The molecule has 3 rings (SSSR count). The predicted molar refractivity (Wildman–Crippen MR) is 128 cm³/mol. The standard InChI is InChI=1S/C24H28FN5O2S/c1-5-30-22(21(15(2)3)27-23(32)17-10-8-9-16(4)13-17)28-29-24(30)33-14-20(31)26-19-12-7-6-11-18(19)25/h6-13,15,21H,5,14H2,1-4H3,(H,26,31)(H,27,32)/t21-/m0/s1. The lowest BCUT2D eigenvalue weighted by atomic mass is 10.0. The number of amides is 2. The first-order valence-corrected chi connectivity index (χ1v) is 11.8. The first kappa shape index (κ1) is 24.4. The van der Waals surface area contributed by atoms with Crippen molar-refractivity contribution in [3.63, 3.8) is 0 Å². The average Bonchev–Trinajstić information content (AvgIpc) is 3.19. The van der Waals surface area contributed by atoms with E-state index < -0.39 is 5.82 Å². The van der Waals surface area contributed by atoms with Crippen LogP contribution in [0.1, 0.15) is 48.6 Å². The zero-order valence-corrected chi connectivity index (χ0v) is 19.9. The van der Waals surface area contributed by atoms with Crippen molar-refractivity contribution in [3.05, 3.63) is 71.3 Å². The van der Waals surface area contributed by atoms with E-state index in [4.69, 9.17) is 0 Å². The summed E-state index contributed by atoms with van der Waals surface area (Å²) in [6.07, 6.45) is 0. The lowest BCUT2D eigenvalue weighted by Gasteiger charge is -2.22. The van der Waals surface area contributed by atoms with Crippen LogP contribution in [0.3, 0.4) is 0 Å². The van der Waals surface area contributed by atoms with Crippen LogP contribution in [0.25, 0.3) is 0 Å². The molecule has 174 valence electrons. The molecule has 0 saturated heterocycles. The fraction of sp³-hybridized carbons (Fsp3) is 0.333. The smallest absolute Gasteiger partial charge is 0.251 e. The molecule has 2 N–H and O–H groups in total. The second kappa shape index (κ2) is 11.1. The maximum atomic E-state index is 13.8. The van der Waals surface area contributed by atoms with Crippen molar-refractivity contribution < 1.29 is 14.0 Å². The van der Waals surface area contributed by atoms with E-state index in [1.165, 1.54) is 23.9 Å². The van der Waals surface area contributed by atoms with Crippen molar-refractivity contribution in [2.45, 2.75) is 45.4 Å². The summed E-state index contributed by atoms with van der Waals surface area (Å²) < 4.78 is 15.7. The Kier molecular flexibility index (Phi) is 8.21. The molecule has 0 saturated carbocycles. The van der Waals surface area contributed by atoms with Gasteiger partial charge in [0.15, 0.2) is 11.0 Å². The number of rotatable bonds is 9. The predicted octanol–water partition coefficient (Wildman–Crippen LogP) is 4.60. The average molecular weight is 470 g/mol. The van der Waals surface area contributed by atoms with Crippen LogP contribution in [0.5, 0.6) is 0 Å². The van der Waals surface area contributed by atoms with E-state index in [-0.39, 0.29) is 35.2 Å². The quantitative estimate of drug-likeness (QED) is 0.447. The fourth-order valence-corrected chi connectivity index (χ4v) is 4.16. The molecule has 3 aromatic rings. The fourth-order valence-electron chi connectivity index (χ4n) is 3.35. The molecule has 0 fully saturated rings. The minimum absolute atomic E-state index is 0.0501. The van der Waals surface area contributed by atoms with E-state index in [2.05, 4.69) is 20.8 Å². The number of aryl methyl sites for hydroxylation is 1. The molecule has 0 radical (unpaired) electrons. The number of hydrogen-bond donors (Lipinski definition) is 2. The van der Waals surface area contributed by atoms with Gasteiger partial charge < -0.3 is 15.2 Å². The number of hydrogen-bond acceptors (Lipinski definition) is 5. The van der Waals surface area contributed by atoms with Gasteiger partial charge >= 0.3 is 0 Å². The molecule has 0 aliphatic rings. The highest BCUT2D eigenvalue weighted by Gasteiger charge is 2.26. The topological polar surface area (TPSA) is 88.9 Å². The minimum Gasteiger partial charge on any atom is -0.342 e. The number of halogens is 1. The third-order valence-electron chi connectivity index (χ3n) is 5.05. The number of anilines is 1. The summed E-state index contributed by atoms with van der Waals surface area (Å²) in [4.78, 5) is 25.2. The number of nitrogens with zero attached hydrogens (tertiary/aromatic N) is 3. The molecule has 0 unspecified atom stereocenters. The number of aromatic nitrogens is 3. The first-order chi connectivity index (χ1) is 15.8. The van der Waals surface area contributed by atoms with E-state index in [1.54, 1.807) is 18.2 Å². The molecule has 0 aliphatic carbocycles. The Morgan fingerprint density at radius 1 is 1.12 bits per heavy atom. The van der Waals surface area contributed by atoms with Crippen LogP contribution in [0.4, 0.5) is 10.1 Å². The third-order valence-corrected chi connectivity index (χ3v) is 6.02. The summed E-state index contributed by atoms with van der Waals surface area (Å²) in [5.41, 5.74) is 1.73. The van der Waals surface area contributed by atoms with Gasteiger partial charge in [-0.1, -0.05) is 55.4 Å². The number of thioether (sulfide) groups is 1. The summed E-state index contributed by atoms with van der Waals surface area (Å²) in [5.74, 6) is -0.263. The number of carbonyl (C=O) groups is 2. The van der Waals surface area contributed by atoms with Crippen LogP contribution in [0, 0.1) is 18.7 Å². The molecule has 9 heteroatoms. The van der Waals surface area contributed by atoms with Gasteiger partial charge in [0.2, 0.25) is 5.91 Å². The van der Waals surface area contributed by atoms with E-state index in [0.717, 1.165) is 5.56 Å². The van der Waals surface area contributed by atoms with Gasteiger partial charge in [-0.05, 0) is 44.0 Å². The van der Waals surface area contributed by atoms with E-state index in [0.29, 0.717) is 23.1 Å². The number of para-hydroxylation sites is 1. The van der Waals surface area contributed by atoms with Crippen LogP contribution in [0.2, 0.25) is 0 Å². The van der Waals surface area contributed by atoms with Crippen LogP contribution in [0.15, 0.2) is 53.7 Å².